The molecular weight excluding hydrogens is 370 g/mol. The van der Waals surface area contributed by atoms with Gasteiger partial charge in [-0.05, 0) is 56.0 Å². The maximum Gasteiger partial charge on any atom is 0.229 e. The van der Waals surface area contributed by atoms with Crippen LogP contribution in [0.2, 0.25) is 0 Å². The van der Waals surface area contributed by atoms with Gasteiger partial charge in [0.15, 0.2) is 5.13 Å². The van der Waals surface area contributed by atoms with E-state index >= 15 is 0 Å². The summed E-state index contributed by atoms with van der Waals surface area (Å²) in [5, 5.41) is 3.70. The molecule has 3 N–H and O–H groups in total. The van der Waals surface area contributed by atoms with Crippen LogP contribution in [0.1, 0.15) is 31.1 Å². The van der Waals surface area contributed by atoms with Crippen LogP contribution in [0.5, 0.6) is 5.75 Å². The number of hydrogen-bond acceptors (Lipinski definition) is 5. The summed E-state index contributed by atoms with van der Waals surface area (Å²) in [5.41, 5.74) is 7.78. The Morgan fingerprint density at radius 1 is 1.35 bits per heavy atom. The van der Waals surface area contributed by atoms with Crippen molar-refractivity contribution in [3.8, 4) is 17.0 Å². The molecule has 7 heteroatoms. The number of nitrogens with one attached hydrogen (secondary N) is 1. The van der Waals surface area contributed by atoms with Crippen LogP contribution in [-0.2, 0) is 11.2 Å². The Morgan fingerprint density at radius 2 is 2.08 bits per heavy atom. The minimum atomic E-state index is 0. The van der Waals surface area contributed by atoms with Crippen molar-refractivity contribution >= 4 is 34.8 Å². The lowest BCUT2D eigenvalue weighted by atomic mass is 9.95. The zero-order valence-electron chi connectivity index (χ0n) is 15.2. The first kappa shape index (κ1) is 20.7. The van der Waals surface area contributed by atoms with Gasteiger partial charge in [0.2, 0.25) is 5.91 Å². The summed E-state index contributed by atoms with van der Waals surface area (Å²) in [5.74, 6) is 1.19. The van der Waals surface area contributed by atoms with Gasteiger partial charge in [-0.1, -0.05) is 13.3 Å². The summed E-state index contributed by atoms with van der Waals surface area (Å²) in [6.45, 7) is 2.68. The monoisotopic (exact) mass is 395 g/mol. The number of benzene rings is 1. The van der Waals surface area contributed by atoms with Gasteiger partial charge in [0.25, 0.3) is 0 Å². The predicted molar refractivity (Wildman–Crippen MR) is 109 cm³/mol. The van der Waals surface area contributed by atoms with Gasteiger partial charge in [-0.2, -0.15) is 0 Å². The summed E-state index contributed by atoms with van der Waals surface area (Å²) in [6, 6.07) is 7.85. The smallest absolute Gasteiger partial charge is 0.229 e. The van der Waals surface area contributed by atoms with Gasteiger partial charge in [0.05, 0.1) is 12.8 Å². The largest absolute Gasteiger partial charge is 0.497 e. The second-order valence-corrected chi connectivity index (χ2v) is 7.48. The summed E-state index contributed by atoms with van der Waals surface area (Å²) < 4.78 is 5.21. The molecule has 0 aliphatic heterocycles. The van der Waals surface area contributed by atoms with Crippen LogP contribution in [0.3, 0.4) is 0 Å². The number of aryl methyl sites for hydroxylation is 1. The molecule has 1 aromatic heterocycles. The maximum absolute atomic E-state index is 12.6. The van der Waals surface area contributed by atoms with E-state index in [-0.39, 0.29) is 24.2 Å². The molecule has 1 aliphatic rings. The number of aromatic nitrogens is 1. The van der Waals surface area contributed by atoms with E-state index in [4.69, 9.17) is 10.5 Å². The molecule has 1 heterocycles. The van der Waals surface area contributed by atoms with E-state index in [2.05, 4.69) is 17.2 Å². The molecule has 1 saturated carbocycles. The molecule has 1 aliphatic carbocycles. The van der Waals surface area contributed by atoms with E-state index < -0.39 is 0 Å². The minimum Gasteiger partial charge on any atom is -0.497 e. The highest BCUT2D eigenvalue weighted by Gasteiger charge is 2.32. The number of amides is 1. The molecule has 0 unspecified atom stereocenters. The second-order valence-electron chi connectivity index (χ2n) is 6.40. The van der Waals surface area contributed by atoms with Gasteiger partial charge in [-0.3, -0.25) is 4.79 Å². The number of hydrogen-bond donors (Lipinski definition) is 2. The fraction of sp³-hybridized carbons (Fsp3) is 0.474. The predicted octanol–water partition coefficient (Wildman–Crippen LogP) is 4.12. The van der Waals surface area contributed by atoms with Gasteiger partial charge < -0.3 is 15.8 Å². The van der Waals surface area contributed by atoms with Gasteiger partial charge in [-0.15, -0.1) is 23.7 Å². The lowest BCUT2D eigenvalue weighted by Gasteiger charge is -2.16. The van der Waals surface area contributed by atoms with Crippen LogP contribution in [0.25, 0.3) is 11.3 Å². The van der Waals surface area contributed by atoms with Gasteiger partial charge >= 0.3 is 0 Å². The molecule has 2 aromatic rings. The molecule has 0 bridgehead atoms. The first-order valence-corrected chi connectivity index (χ1v) is 9.63. The summed E-state index contributed by atoms with van der Waals surface area (Å²) in [6.07, 6.45) is 3.92. The average molecular weight is 396 g/mol. The van der Waals surface area contributed by atoms with Gasteiger partial charge in [0, 0.05) is 16.4 Å². The van der Waals surface area contributed by atoms with Crippen LogP contribution < -0.4 is 15.8 Å². The molecule has 0 saturated heterocycles. The molecule has 142 valence electrons. The van der Waals surface area contributed by atoms with Crippen LogP contribution in [0.4, 0.5) is 5.13 Å². The Hall–Kier alpha value is -1.63. The van der Waals surface area contributed by atoms with E-state index in [0.29, 0.717) is 17.6 Å². The number of halogens is 1. The van der Waals surface area contributed by atoms with Crippen LogP contribution in [0.15, 0.2) is 24.3 Å². The number of anilines is 1. The molecule has 0 radical (unpaired) electrons. The van der Waals surface area contributed by atoms with Crippen LogP contribution in [-0.4, -0.2) is 24.5 Å². The summed E-state index contributed by atoms with van der Waals surface area (Å²) >= 11 is 1.55. The lowest BCUT2D eigenvalue weighted by molar-refractivity contribution is -0.120. The van der Waals surface area contributed by atoms with Gasteiger partial charge in [0.1, 0.15) is 5.75 Å². The van der Waals surface area contributed by atoms with E-state index in [1.54, 1.807) is 18.4 Å². The SMILES string of the molecule is CCc1sc(NC(=O)[C@@H]2CCC[C@@H]2CN)nc1-c1ccc(OC)cc1.Cl. The highest BCUT2D eigenvalue weighted by Crippen LogP contribution is 2.35. The van der Waals surface area contributed by atoms with Gasteiger partial charge in [-0.25, -0.2) is 4.98 Å². The number of thiazole rings is 1. The fourth-order valence-corrected chi connectivity index (χ4v) is 4.41. The fourth-order valence-electron chi connectivity index (χ4n) is 3.48. The standard InChI is InChI=1S/C19H25N3O2S.ClH/c1-3-16-17(12-7-9-14(24-2)10-8-12)21-19(25-16)22-18(23)15-6-4-5-13(15)11-20;/h7-10,13,15H,3-6,11,20H2,1-2H3,(H,21,22,23);1H/t13-,15-;/m1./s1. The number of methoxy groups -OCH3 is 1. The van der Waals surface area contributed by atoms with Crippen molar-refractivity contribution in [1.29, 1.82) is 0 Å². The number of carbonyl (C=O) groups is 1. The second kappa shape index (κ2) is 9.35. The first-order chi connectivity index (χ1) is 12.2. The zero-order chi connectivity index (χ0) is 17.8. The lowest BCUT2D eigenvalue weighted by Crippen LogP contribution is -2.29. The third-order valence-electron chi connectivity index (χ3n) is 4.91. The van der Waals surface area contributed by atoms with Crippen molar-refractivity contribution in [2.45, 2.75) is 32.6 Å². The first-order valence-electron chi connectivity index (χ1n) is 8.81. The molecular formula is C19H26ClN3O2S. The third-order valence-corrected chi connectivity index (χ3v) is 6.03. The number of ether oxygens (including phenoxy) is 1. The number of rotatable bonds is 6. The minimum absolute atomic E-state index is 0. The molecule has 1 amide bonds. The number of nitrogens with two attached hydrogens (primary N) is 1. The molecule has 26 heavy (non-hydrogen) atoms. The Labute approximate surface area is 164 Å². The maximum atomic E-state index is 12.6. The Morgan fingerprint density at radius 3 is 2.69 bits per heavy atom. The normalized spacial score (nSPS) is 19.0. The van der Waals surface area contributed by atoms with E-state index in [9.17, 15) is 4.79 Å². The molecule has 0 spiro atoms. The number of nitrogens with zero attached hydrogens (tertiary/aromatic N) is 1. The van der Waals surface area contributed by atoms with Crippen molar-refractivity contribution in [1.82, 2.24) is 4.98 Å². The van der Waals surface area contributed by atoms with E-state index in [1.165, 1.54) is 4.88 Å². The Balaban J connectivity index is 0.00000243. The van der Waals surface area contributed by atoms with E-state index in [0.717, 1.165) is 42.7 Å². The van der Waals surface area contributed by atoms with Crippen molar-refractivity contribution in [2.24, 2.45) is 17.6 Å². The average Bonchev–Trinajstić information content (AvgIpc) is 3.28. The van der Waals surface area contributed by atoms with Crippen molar-refractivity contribution in [3.05, 3.63) is 29.1 Å². The van der Waals surface area contributed by atoms with Crippen molar-refractivity contribution < 1.29 is 9.53 Å². The van der Waals surface area contributed by atoms with Crippen molar-refractivity contribution in [3.63, 3.8) is 0 Å². The highest BCUT2D eigenvalue weighted by molar-refractivity contribution is 7.16. The summed E-state index contributed by atoms with van der Waals surface area (Å²) in [4.78, 5) is 18.4. The topological polar surface area (TPSA) is 77.2 Å². The molecule has 3 rings (SSSR count). The van der Waals surface area contributed by atoms with Crippen molar-refractivity contribution in [2.75, 3.05) is 19.0 Å². The third kappa shape index (κ3) is 4.37. The molecule has 5 nitrogen and oxygen atoms in total. The molecule has 1 fully saturated rings. The molecule has 1 aromatic carbocycles. The number of carbonyl (C=O) groups excluding carboxylic acids is 1. The van der Waals surface area contributed by atoms with Crippen LogP contribution >= 0.6 is 23.7 Å². The van der Waals surface area contributed by atoms with E-state index in [1.807, 2.05) is 24.3 Å². The highest BCUT2D eigenvalue weighted by atomic mass is 35.5. The van der Waals surface area contributed by atoms with Crippen LogP contribution in [0, 0.1) is 11.8 Å². The Bertz CT molecular complexity index is 733. The zero-order valence-corrected chi connectivity index (χ0v) is 16.8. The Kier molecular flexibility index (Phi) is 7.43. The molecule has 2 atom stereocenters. The summed E-state index contributed by atoms with van der Waals surface area (Å²) in [7, 11) is 1.65. The quantitative estimate of drug-likeness (QED) is 0.771.